The monoisotopic (exact) mass is 655 g/mol. The Bertz CT molecular complexity index is 1250. The summed E-state index contributed by atoms with van der Waals surface area (Å²) in [6.45, 7) is 0. The van der Waals surface area contributed by atoms with Gasteiger partial charge in [-0.2, -0.15) is 36.4 Å². The Balaban J connectivity index is 0.000000240. The Morgan fingerprint density at radius 1 is 0.459 bits per heavy atom. The summed E-state index contributed by atoms with van der Waals surface area (Å²) in [6, 6.07) is 50.7. The van der Waals surface area contributed by atoms with E-state index >= 15 is 0 Å². The summed E-state index contributed by atoms with van der Waals surface area (Å²) in [6.07, 6.45) is 5.29. The maximum absolute atomic E-state index is 4.77. The maximum atomic E-state index is 4.77. The number of nitrogens with zero attached hydrogens (tertiary/aromatic N) is 3. The molecule has 3 aromatic heterocycles. The largest absolute Gasteiger partial charge is 3.00 e. The van der Waals surface area contributed by atoms with Gasteiger partial charge in [0, 0.05) is 24.3 Å². The Morgan fingerprint density at radius 3 is 1.57 bits per heavy atom. The Labute approximate surface area is 232 Å². The van der Waals surface area contributed by atoms with Gasteiger partial charge in [-0.25, -0.2) is 0 Å². The number of hydrogen-bond donors (Lipinski definition) is 0. The van der Waals surface area contributed by atoms with E-state index in [9.17, 15) is 0 Å². The molecule has 3 aromatic carbocycles. The van der Waals surface area contributed by atoms with Crippen molar-refractivity contribution in [2.75, 3.05) is 0 Å². The second kappa shape index (κ2) is 15.7. The van der Waals surface area contributed by atoms with Crippen molar-refractivity contribution in [3.05, 3.63) is 164 Å². The Hall–Kier alpha value is -4.24. The van der Waals surface area contributed by atoms with Gasteiger partial charge in [0.1, 0.15) is 0 Å². The van der Waals surface area contributed by atoms with Gasteiger partial charge >= 0.3 is 20.1 Å². The van der Waals surface area contributed by atoms with Gasteiger partial charge in [0.15, 0.2) is 0 Å². The topological polar surface area (TPSA) is 38.7 Å². The summed E-state index contributed by atoms with van der Waals surface area (Å²) in [5.41, 5.74) is 5.61. The van der Waals surface area contributed by atoms with Crippen LogP contribution in [0.1, 0.15) is 0 Å². The fourth-order valence-electron chi connectivity index (χ4n) is 3.23. The van der Waals surface area contributed by atoms with Crippen LogP contribution in [0.2, 0.25) is 0 Å². The van der Waals surface area contributed by atoms with Crippen molar-refractivity contribution in [1.29, 1.82) is 0 Å². The third kappa shape index (κ3) is 9.05. The summed E-state index contributed by atoms with van der Waals surface area (Å²) >= 11 is 0. The molecule has 0 aliphatic carbocycles. The van der Waals surface area contributed by atoms with E-state index in [0.29, 0.717) is 0 Å². The molecule has 0 saturated carbocycles. The predicted molar refractivity (Wildman–Crippen MR) is 146 cm³/mol. The van der Waals surface area contributed by atoms with Gasteiger partial charge in [-0.05, 0) is 29.6 Å². The second-order valence-electron chi connectivity index (χ2n) is 7.48. The molecule has 3 nitrogen and oxygen atoms in total. The predicted octanol–water partition coefficient (Wildman–Crippen LogP) is 7.64. The molecule has 180 valence electrons. The zero-order valence-corrected chi connectivity index (χ0v) is 22.4. The maximum Gasteiger partial charge on any atom is 3.00 e. The van der Waals surface area contributed by atoms with Crippen LogP contribution in [-0.4, -0.2) is 15.0 Å². The first-order valence-corrected chi connectivity index (χ1v) is 11.5. The van der Waals surface area contributed by atoms with E-state index in [4.69, 9.17) is 4.98 Å². The number of benzene rings is 3. The van der Waals surface area contributed by atoms with Gasteiger partial charge in [0.2, 0.25) is 0 Å². The molecule has 0 amide bonds. The van der Waals surface area contributed by atoms with Crippen molar-refractivity contribution in [1.82, 2.24) is 15.0 Å². The molecular formula is C33H24IrN3. The molecule has 0 unspecified atom stereocenters. The molecule has 0 fully saturated rings. The van der Waals surface area contributed by atoms with E-state index in [1.165, 1.54) is 0 Å². The summed E-state index contributed by atoms with van der Waals surface area (Å²) in [5, 5.41) is 0. The molecule has 6 aromatic rings. The number of pyridine rings is 3. The van der Waals surface area contributed by atoms with E-state index in [1.807, 2.05) is 127 Å². The molecule has 0 spiro atoms. The van der Waals surface area contributed by atoms with E-state index < -0.39 is 0 Å². The van der Waals surface area contributed by atoms with Crippen LogP contribution in [0.25, 0.3) is 33.8 Å². The summed E-state index contributed by atoms with van der Waals surface area (Å²) in [5.74, 6) is 0. The van der Waals surface area contributed by atoms with E-state index in [1.54, 1.807) is 18.6 Å². The number of hydrogen-bond acceptors (Lipinski definition) is 3. The van der Waals surface area contributed by atoms with Gasteiger partial charge in [0.25, 0.3) is 0 Å². The van der Waals surface area contributed by atoms with Crippen molar-refractivity contribution in [3.8, 4) is 33.8 Å². The van der Waals surface area contributed by atoms with Crippen LogP contribution in [0.3, 0.4) is 0 Å². The molecule has 0 atom stereocenters. The van der Waals surface area contributed by atoms with Crippen LogP contribution >= 0.6 is 0 Å². The standard InChI is InChI=1S/C22H14N2.C6H5.C5H5N.Ir/c1-2-8-17(9-3-1)21-13-7-14-22(24-21)19-11-6-10-18(16-19)20-12-4-5-15-23-20;2*1-2-4-6-5-3-1;/h1-8,10-15H;2*1-5H;/q-2;-1;;+3. The molecule has 0 aliphatic heterocycles. The van der Waals surface area contributed by atoms with Gasteiger partial charge in [-0.1, -0.05) is 47.5 Å². The number of aromatic nitrogens is 3. The average molecular weight is 655 g/mol. The SMILES string of the molecule is [Ir+3].[c-]1ccccc1.[c-]1ccccc1-c1cccc(-c2[c-]c(-c3ccccn3)ccc2)n1.c1ccncc1. The van der Waals surface area contributed by atoms with Gasteiger partial charge in [-0.15, -0.1) is 60.2 Å². The minimum absolute atomic E-state index is 0. The molecule has 0 N–H and O–H groups in total. The quantitative estimate of drug-likeness (QED) is 0.184. The van der Waals surface area contributed by atoms with Crippen LogP contribution in [0, 0.1) is 18.2 Å². The van der Waals surface area contributed by atoms with E-state index in [2.05, 4.69) is 28.2 Å². The normalized spacial score (nSPS) is 9.41. The van der Waals surface area contributed by atoms with Crippen LogP contribution < -0.4 is 0 Å². The van der Waals surface area contributed by atoms with Gasteiger partial charge in [-0.3, -0.25) is 9.97 Å². The fourth-order valence-corrected chi connectivity index (χ4v) is 3.23. The van der Waals surface area contributed by atoms with Crippen molar-refractivity contribution in [3.63, 3.8) is 0 Å². The Kier molecular flexibility index (Phi) is 11.6. The first-order chi connectivity index (χ1) is 17.9. The molecule has 0 radical (unpaired) electrons. The van der Waals surface area contributed by atoms with Crippen molar-refractivity contribution in [2.24, 2.45) is 0 Å². The second-order valence-corrected chi connectivity index (χ2v) is 7.48. The van der Waals surface area contributed by atoms with E-state index in [0.717, 1.165) is 33.8 Å². The van der Waals surface area contributed by atoms with Crippen LogP contribution in [0.15, 0.2) is 146 Å². The first kappa shape index (κ1) is 27.3. The van der Waals surface area contributed by atoms with Crippen molar-refractivity contribution in [2.45, 2.75) is 0 Å². The molecule has 0 saturated heterocycles. The van der Waals surface area contributed by atoms with Crippen molar-refractivity contribution >= 4 is 0 Å². The third-order valence-electron chi connectivity index (χ3n) is 4.92. The van der Waals surface area contributed by atoms with Crippen LogP contribution in [-0.2, 0) is 20.1 Å². The minimum Gasteiger partial charge on any atom is -0.335 e. The Morgan fingerprint density at radius 2 is 1.03 bits per heavy atom. The molecule has 3 heterocycles. The van der Waals surface area contributed by atoms with Crippen LogP contribution in [0.5, 0.6) is 0 Å². The van der Waals surface area contributed by atoms with Gasteiger partial charge in [0.05, 0.1) is 0 Å². The zero-order valence-electron chi connectivity index (χ0n) is 20.0. The van der Waals surface area contributed by atoms with Crippen molar-refractivity contribution < 1.29 is 20.1 Å². The third-order valence-corrected chi connectivity index (χ3v) is 4.92. The molecule has 6 rings (SSSR count). The average Bonchev–Trinajstić information content (AvgIpc) is 3.01. The smallest absolute Gasteiger partial charge is 0.335 e. The van der Waals surface area contributed by atoms with Gasteiger partial charge < -0.3 is 4.98 Å². The fraction of sp³-hybridized carbons (Fsp3) is 0. The minimum atomic E-state index is 0. The van der Waals surface area contributed by atoms with Crippen LogP contribution in [0.4, 0.5) is 0 Å². The molecule has 0 bridgehead atoms. The number of rotatable bonds is 3. The zero-order chi connectivity index (χ0) is 24.7. The summed E-state index contributed by atoms with van der Waals surface area (Å²) in [7, 11) is 0. The summed E-state index contributed by atoms with van der Waals surface area (Å²) < 4.78 is 0. The summed E-state index contributed by atoms with van der Waals surface area (Å²) in [4.78, 5) is 12.9. The van der Waals surface area contributed by atoms with E-state index in [-0.39, 0.29) is 20.1 Å². The first-order valence-electron chi connectivity index (χ1n) is 11.5. The molecule has 37 heavy (non-hydrogen) atoms. The molecule has 4 heteroatoms. The molecule has 0 aliphatic rings. The molecular weight excluding hydrogens is 631 g/mol.